The Balaban J connectivity index is 2.05. The van der Waals surface area contributed by atoms with Gasteiger partial charge in [0.05, 0.1) is 11.5 Å². The lowest BCUT2D eigenvalue weighted by Crippen LogP contribution is -2.48. The van der Waals surface area contributed by atoms with E-state index in [2.05, 4.69) is 30.6 Å². The molecule has 1 amide bonds. The van der Waals surface area contributed by atoms with Crippen LogP contribution in [0.25, 0.3) is 0 Å². The average molecular weight is 294 g/mol. The summed E-state index contributed by atoms with van der Waals surface area (Å²) >= 11 is 1.71. The lowest BCUT2D eigenvalue weighted by molar-refractivity contribution is -0.133. The zero-order valence-corrected chi connectivity index (χ0v) is 13.3. The first-order valence-corrected chi connectivity index (χ1v) is 8.53. The van der Waals surface area contributed by atoms with Gasteiger partial charge in [-0.3, -0.25) is 4.79 Å². The van der Waals surface area contributed by atoms with Crippen LogP contribution < -0.4 is 11.1 Å². The topological polar surface area (TPSA) is 55.1 Å². The van der Waals surface area contributed by atoms with Crippen molar-refractivity contribution < 1.29 is 4.79 Å². The van der Waals surface area contributed by atoms with Crippen LogP contribution in [0.4, 0.5) is 0 Å². The maximum Gasteiger partial charge on any atom is 0.228 e. The van der Waals surface area contributed by atoms with Crippen LogP contribution in [-0.4, -0.2) is 12.5 Å². The molecule has 1 heterocycles. The third kappa shape index (κ3) is 3.23. The summed E-state index contributed by atoms with van der Waals surface area (Å²) in [5.74, 6) is 0.883. The van der Waals surface area contributed by atoms with E-state index < -0.39 is 0 Å². The van der Waals surface area contributed by atoms with Crippen molar-refractivity contribution in [2.24, 2.45) is 17.1 Å². The zero-order chi connectivity index (χ0) is 14.6. The highest BCUT2D eigenvalue weighted by Gasteiger charge is 2.40. The van der Waals surface area contributed by atoms with Gasteiger partial charge < -0.3 is 11.1 Å². The molecule has 3 nitrogen and oxygen atoms in total. The molecule has 1 aromatic rings. The molecule has 1 aromatic heterocycles. The molecule has 1 saturated carbocycles. The molecule has 20 heavy (non-hydrogen) atoms. The molecular weight excluding hydrogens is 268 g/mol. The van der Waals surface area contributed by atoms with Crippen molar-refractivity contribution in [1.82, 2.24) is 5.32 Å². The lowest BCUT2D eigenvalue weighted by atomic mass is 9.70. The minimum absolute atomic E-state index is 0.130. The number of amides is 1. The summed E-state index contributed by atoms with van der Waals surface area (Å²) in [6.07, 6.45) is 5.00. The molecule has 1 unspecified atom stereocenters. The molecule has 0 radical (unpaired) electrons. The summed E-state index contributed by atoms with van der Waals surface area (Å²) in [5, 5.41) is 5.30. The monoisotopic (exact) mass is 294 g/mol. The number of carbonyl (C=O) groups is 1. The minimum Gasteiger partial charge on any atom is -0.348 e. The first kappa shape index (κ1) is 15.5. The van der Waals surface area contributed by atoms with Gasteiger partial charge in [-0.15, -0.1) is 11.3 Å². The van der Waals surface area contributed by atoms with E-state index in [1.165, 1.54) is 4.88 Å². The normalized spacial score (nSPS) is 28.1. The fourth-order valence-electron chi connectivity index (χ4n) is 3.01. The van der Waals surface area contributed by atoms with Gasteiger partial charge in [0.1, 0.15) is 0 Å². The van der Waals surface area contributed by atoms with Crippen LogP contribution >= 0.6 is 11.3 Å². The Morgan fingerprint density at radius 1 is 1.55 bits per heavy atom. The standard InChI is InChI=1S/C16H26N2OS/c1-3-13(14-5-4-10-20-14)18-15(19)16(11-17)8-6-12(2)7-9-16/h4-5,10,12-13H,3,6-9,11,17H2,1-2H3,(H,18,19). The third-order valence-corrected chi connectivity index (χ3v) is 5.69. The number of hydrogen-bond acceptors (Lipinski definition) is 3. The summed E-state index contributed by atoms with van der Waals surface area (Å²) in [6, 6.07) is 4.26. The van der Waals surface area contributed by atoms with E-state index in [9.17, 15) is 4.79 Å². The Bertz CT molecular complexity index is 422. The SMILES string of the molecule is CCC(NC(=O)C1(CN)CCC(C)CC1)c1cccs1. The largest absolute Gasteiger partial charge is 0.348 e. The molecule has 1 fully saturated rings. The number of thiophene rings is 1. The summed E-state index contributed by atoms with van der Waals surface area (Å²) in [5.41, 5.74) is 5.63. The number of nitrogens with one attached hydrogen (secondary N) is 1. The van der Waals surface area contributed by atoms with E-state index in [1.54, 1.807) is 11.3 Å². The molecular formula is C16H26N2OS. The quantitative estimate of drug-likeness (QED) is 0.873. The highest BCUT2D eigenvalue weighted by molar-refractivity contribution is 7.10. The molecule has 2 rings (SSSR count). The van der Waals surface area contributed by atoms with Gasteiger partial charge in [0.15, 0.2) is 0 Å². The van der Waals surface area contributed by atoms with Gasteiger partial charge in [-0.2, -0.15) is 0 Å². The van der Waals surface area contributed by atoms with Gasteiger partial charge in [0.25, 0.3) is 0 Å². The van der Waals surface area contributed by atoms with E-state index in [-0.39, 0.29) is 17.4 Å². The van der Waals surface area contributed by atoms with E-state index in [4.69, 9.17) is 5.73 Å². The number of rotatable bonds is 5. The second kappa shape index (κ2) is 6.72. The molecule has 112 valence electrons. The summed E-state index contributed by atoms with van der Waals surface area (Å²) < 4.78 is 0. The van der Waals surface area contributed by atoms with Crippen LogP contribution in [0.2, 0.25) is 0 Å². The minimum atomic E-state index is -0.336. The molecule has 0 aliphatic heterocycles. The maximum atomic E-state index is 12.7. The second-order valence-electron chi connectivity index (χ2n) is 6.12. The molecule has 0 bridgehead atoms. The van der Waals surface area contributed by atoms with Crippen molar-refractivity contribution in [3.05, 3.63) is 22.4 Å². The van der Waals surface area contributed by atoms with Crippen molar-refractivity contribution in [2.75, 3.05) is 6.54 Å². The third-order valence-electron chi connectivity index (χ3n) is 4.70. The van der Waals surface area contributed by atoms with Crippen LogP contribution in [0.1, 0.15) is 56.9 Å². The highest BCUT2D eigenvalue weighted by atomic mass is 32.1. The zero-order valence-electron chi connectivity index (χ0n) is 12.5. The van der Waals surface area contributed by atoms with Gasteiger partial charge in [0, 0.05) is 11.4 Å². The summed E-state index contributed by atoms with van der Waals surface area (Å²) in [7, 11) is 0. The van der Waals surface area contributed by atoms with Crippen LogP contribution in [0.15, 0.2) is 17.5 Å². The van der Waals surface area contributed by atoms with Gasteiger partial charge in [-0.05, 0) is 49.5 Å². The molecule has 4 heteroatoms. The highest BCUT2D eigenvalue weighted by Crippen LogP contribution is 2.39. The van der Waals surface area contributed by atoms with Crippen LogP contribution in [0.3, 0.4) is 0 Å². The first-order chi connectivity index (χ1) is 9.61. The van der Waals surface area contributed by atoms with Crippen molar-refractivity contribution in [3.8, 4) is 0 Å². The van der Waals surface area contributed by atoms with Gasteiger partial charge in [-0.1, -0.05) is 19.9 Å². The van der Waals surface area contributed by atoms with Gasteiger partial charge in [-0.25, -0.2) is 0 Å². The van der Waals surface area contributed by atoms with Gasteiger partial charge >= 0.3 is 0 Å². The van der Waals surface area contributed by atoms with Crippen molar-refractivity contribution >= 4 is 17.2 Å². The average Bonchev–Trinajstić information content (AvgIpc) is 2.99. The Labute approximate surface area is 125 Å². The van der Waals surface area contributed by atoms with E-state index in [0.717, 1.165) is 38.0 Å². The fraction of sp³-hybridized carbons (Fsp3) is 0.688. The van der Waals surface area contributed by atoms with Crippen LogP contribution in [0, 0.1) is 11.3 Å². The number of carbonyl (C=O) groups excluding carboxylic acids is 1. The molecule has 1 atom stereocenters. The van der Waals surface area contributed by atoms with Crippen LogP contribution in [-0.2, 0) is 4.79 Å². The summed E-state index contributed by atoms with van der Waals surface area (Å²) in [4.78, 5) is 14.0. The van der Waals surface area contributed by atoms with Gasteiger partial charge in [0.2, 0.25) is 5.91 Å². The molecule has 1 aliphatic carbocycles. The van der Waals surface area contributed by atoms with Crippen molar-refractivity contribution in [1.29, 1.82) is 0 Å². The summed E-state index contributed by atoms with van der Waals surface area (Å²) in [6.45, 7) is 4.84. The van der Waals surface area contributed by atoms with E-state index >= 15 is 0 Å². The Morgan fingerprint density at radius 3 is 2.75 bits per heavy atom. The van der Waals surface area contributed by atoms with Crippen LogP contribution in [0.5, 0.6) is 0 Å². The fourth-order valence-corrected chi connectivity index (χ4v) is 3.88. The van der Waals surface area contributed by atoms with Crippen molar-refractivity contribution in [2.45, 2.75) is 52.0 Å². The Hall–Kier alpha value is -0.870. The Kier molecular flexibility index (Phi) is 5.22. The molecule has 1 aliphatic rings. The second-order valence-corrected chi connectivity index (χ2v) is 7.10. The predicted molar refractivity (Wildman–Crippen MR) is 84.6 cm³/mol. The molecule has 0 saturated heterocycles. The van der Waals surface area contributed by atoms with Crippen molar-refractivity contribution in [3.63, 3.8) is 0 Å². The smallest absolute Gasteiger partial charge is 0.228 e. The lowest BCUT2D eigenvalue weighted by Gasteiger charge is -2.38. The number of nitrogens with two attached hydrogens (primary N) is 1. The maximum absolute atomic E-state index is 12.7. The molecule has 0 spiro atoms. The van der Waals surface area contributed by atoms with E-state index in [1.807, 2.05) is 6.07 Å². The predicted octanol–water partition coefficient (Wildman–Crippen LogP) is 3.47. The van der Waals surface area contributed by atoms with E-state index in [0.29, 0.717) is 6.54 Å². The molecule has 3 N–H and O–H groups in total. The number of hydrogen-bond donors (Lipinski definition) is 2. The molecule has 0 aromatic carbocycles. The Morgan fingerprint density at radius 2 is 2.25 bits per heavy atom. The first-order valence-electron chi connectivity index (χ1n) is 7.65.